The lowest BCUT2D eigenvalue weighted by molar-refractivity contribution is -0.139. The fourth-order valence-electron chi connectivity index (χ4n) is 5.45. The van der Waals surface area contributed by atoms with E-state index >= 15 is 0 Å². The lowest BCUT2D eigenvalue weighted by atomic mass is 9.82. The number of hydrogen-bond donors (Lipinski definition) is 1. The number of carbonyl (C=O) groups is 1. The van der Waals surface area contributed by atoms with Gasteiger partial charge in [0.2, 0.25) is 5.96 Å². The maximum atomic E-state index is 14.5. The average Bonchev–Trinajstić information content (AvgIpc) is 3.00. The summed E-state index contributed by atoms with van der Waals surface area (Å²) in [6, 6.07) is 6.36. The summed E-state index contributed by atoms with van der Waals surface area (Å²) in [5.41, 5.74) is -3.80. The van der Waals surface area contributed by atoms with Crippen LogP contribution in [0.2, 0.25) is 0 Å². The topological polar surface area (TPSA) is 67.7 Å². The molecule has 1 N–H and O–H groups in total. The number of halogens is 2. The van der Waals surface area contributed by atoms with E-state index in [1.807, 2.05) is 18.7 Å². The van der Waals surface area contributed by atoms with Crippen molar-refractivity contribution in [2.24, 2.45) is 5.92 Å². The Hall–Kier alpha value is -1.57. The number of guanidine groups is 1. The highest BCUT2D eigenvalue weighted by molar-refractivity contribution is 8.24. The molecule has 162 valence electrons. The molecule has 1 amide bonds. The second-order valence-corrected chi connectivity index (χ2v) is 13.7. The predicted octanol–water partition coefficient (Wildman–Crippen LogP) is 3.51. The Morgan fingerprint density at radius 3 is 2.57 bits per heavy atom. The standard InChI is InChI=1S/C20H25F2N4O2PS/c1-13-11-19(2)17(27)25(18(23)26(13)19)12-14-7-9-24(10-8-14)30(28)16-6-4-3-5-15(16)20(21,22)29-30/h3-6,13-14,23H,7-12H2,1-2H3. The van der Waals surface area contributed by atoms with Gasteiger partial charge in [-0.25, -0.2) is 8.51 Å². The van der Waals surface area contributed by atoms with Gasteiger partial charge in [0, 0.05) is 31.2 Å². The molecule has 4 heterocycles. The van der Waals surface area contributed by atoms with E-state index in [9.17, 15) is 17.8 Å². The zero-order chi connectivity index (χ0) is 21.5. The summed E-state index contributed by atoms with van der Waals surface area (Å²) in [6.07, 6.45) is 2.10. The molecule has 5 rings (SSSR count). The van der Waals surface area contributed by atoms with Gasteiger partial charge < -0.3 is 4.90 Å². The summed E-state index contributed by atoms with van der Waals surface area (Å²) in [5.74, 6) is 0.430. The number of benzene rings is 1. The minimum atomic E-state index is -3.10. The zero-order valence-electron chi connectivity index (χ0n) is 17.0. The van der Waals surface area contributed by atoms with Crippen molar-refractivity contribution in [3.63, 3.8) is 0 Å². The summed E-state index contributed by atoms with van der Waals surface area (Å²) >= 11 is 0. The van der Waals surface area contributed by atoms with Gasteiger partial charge >= 0.3 is 5.66 Å². The molecule has 10 heteroatoms. The molecule has 0 aliphatic carbocycles. The van der Waals surface area contributed by atoms with Crippen LogP contribution in [-0.4, -0.2) is 61.4 Å². The smallest absolute Gasteiger partial charge is 0.322 e. The number of amides is 1. The highest BCUT2D eigenvalue weighted by atomic mass is 32.5. The summed E-state index contributed by atoms with van der Waals surface area (Å²) in [5, 5.41) is 8.42. The number of carbonyl (C=O) groups excluding carboxylic acids is 1. The van der Waals surface area contributed by atoms with Crippen LogP contribution in [0.25, 0.3) is 0 Å². The fraction of sp³-hybridized carbons (Fsp3) is 0.600. The molecule has 0 spiro atoms. The largest absolute Gasteiger partial charge is 0.325 e. The monoisotopic (exact) mass is 454 g/mol. The van der Waals surface area contributed by atoms with Crippen LogP contribution in [0, 0.1) is 11.3 Å². The van der Waals surface area contributed by atoms with Crippen LogP contribution < -0.4 is 0 Å². The molecule has 3 atom stereocenters. The third kappa shape index (κ3) is 2.64. The van der Waals surface area contributed by atoms with Crippen LogP contribution >= 0.6 is 7.36 Å². The Balaban J connectivity index is 1.30. The van der Waals surface area contributed by atoms with Gasteiger partial charge in [0.25, 0.3) is 5.91 Å². The SMILES string of the molecule is CC1CC2(C)C(=O)N(CC3CCN(S4(=O)=PC(F)(F)c5ccccc54)CC3)C(=N)N12. The van der Waals surface area contributed by atoms with E-state index in [1.165, 1.54) is 6.07 Å². The number of piperidine rings is 1. The normalized spacial score (nSPS) is 36.3. The molecule has 1 aromatic rings. The number of hydrogen-bond acceptors (Lipinski definition) is 3. The van der Waals surface area contributed by atoms with Crippen LogP contribution in [0.1, 0.15) is 38.7 Å². The number of nitrogens with zero attached hydrogens (tertiary/aromatic N) is 3. The van der Waals surface area contributed by atoms with Crippen LogP contribution in [0.4, 0.5) is 8.78 Å². The molecule has 3 fully saturated rings. The molecule has 0 bridgehead atoms. The molecule has 1 aromatic carbocycles. The second kappa shape index (κ2) is 6.47. The van der Waals surface area contributed by atoms with Crippen molar-refractivity contribution in [2.75, 3.05) is 19.6 Å². The van der Waals surface area contributed by atoms with E-state index in [4.69, 9.17) is 5.41 Å². The van der Waals surface area contributed by atoms with E-state index in [-0.39, 0.29) is 41.6 Å². The number of alkyl halides is 2. The molecule has 6 nitrogen and oxygen atoms in total. The van der Waals surface area contributed by atoms with Crippen molar-refractivity contribution in [3.05, 3.63) is 29.8 Å². The van der Waals surface area contributed by atoms with Gasteiger partial charge in [-0.1, -0.05) is 18.2 Å². The minimum Gasteiger partial charge on any atom is -0.325 e. The predicted molar refractivity (Wildman–Crippen MR) is 112 cm³/mol. The molecular weight excluding hydrogens is 429 g/mol. The summed E-state index contributed by atoms with van der Waals surface area (Å²) in [6.45, 7) is 5.29. The quantitative estimate of drug-likeness (QED) is 0.711. The van der Waals surface area contributed by atoms with Crippen molar-refractivity contribution in [1.29, 1.82) is 5.41 Å². The molecule has 3 saturated heterocycles. The van der Waals surface area contributed by atoms with E-state index in [2.05, 4.69) is 0 Å². The third-order valence-corrected chi connectivity index (χ3v) is 12.4. The first-order valence-corrected chi connectivity index (χ1v) is 13.3. The number of nitrogens with one attached hydrogen (secondary N) is 1. The van der Waals surface area contributed by atoms with Crippen molar-refractivity contribution in [3.8, 4) is 0 Å². The zero-order valence-corrected chi connectivity index (χ0v) is 18.7. The average molecular weight is 454 g/mol. The van der Waals surface area contributed by atoms with Crippen LogP contribution in [0.5, 0.6) is 0 Å². The maximum Gasteiger partial charge on any atom is 0.322 e. The van der Waals surface area contributed by atoms with Gasteiger partial charge in [-0.15, -0.1) is 0 Å². The first kappa shape index (κ1) is 20.3. The van der Waals surface area contributed by atoms with E-state index in [0.29, 0.717) is 32.5 Å². The molecule has 0 aromatic heterocycles. The summed E-state index contributed by atoms with van der Waals surface area (Å²) in [4.78, 5) is 16.6. The highest BCUT2D eigenvalue weighted by Gasteiger charge is 2.61. The highest BCUT2D eigenvalue weighted by Crippen LogP contribution is 2.54. The van der Waals surface area contributed by atoms with Gasteiger partial charge in [0.15, 0.2) is 0 Å². The number of rotatable bonds is 3. The summed E-state index contributed by atoms with van der Waals surface area (Å²) < 4.78 is 44.3. The molecule has 4 aliphatic rings. The van der Waals surface area contributed by atoms with Crippen molar-refractivity contribution >= 4 is 28.5 Å². The Morgan fingerprint density at radius 1 is 1.27 bits per heavy atom. The lowest BCUT2D eigenvalue weighted by Gasteiger charge is -2.49. The lowest BCUT2D eigenvalue weighted by Crippen LogP contribution is -2.63. The van der Waals surface area contributed by atoms with Crippen molar-refractivity contribution in [2.45, 2.75) is 55.2 Å². The van der Waals surface area contributed by atoms with E-state index in [0.717, 1.165) is 6.42 Å². The van der Waals surface area contributed by atoms with E-state index in [1.54, 1.807) is 27.4 Å². The first-order chi connectivity index (χ1) is 14.1. The molecule has 3 unspecified atom stereocenters. The summed E-state index contributed by atoms with van der Waals surface area (Å²) in [7, 11) is -3.34. The van der Waals surface area contributed by atoms with E-state index < -0.39 is 20.5 Å². The Morgan fingerprint density at radius 2 is 1.93 bits per heavy atom. The minimum absolute atomic E-state index is 0.0122. The van der Waals surface area contributed by atoms with Gasteiger partial charge in [0.1, 0.15) is 5.54 Å². The Bertz CT molecular complexity index is 1060. The van der Waals surface area contributed by atoms with Gasteiger partial charge in [0.05, 0.1) is 21.5 Å². The van der Waals surface area contributed by atoms with Gasteiger partial charge in [-0.3, -0.25) is 15.1 Å². The van der Waals surface area contributed by atoms with Crippen LogP contribution in [-0.2, 0) is 19.8 Å². The maximum absolute atomic E-state index is 14.5. The number of fused-ring (bicyclic) bond motifs is 2. The van der Waals surface area contributed by atoms with Crippen molar-refractivity contribution in [1.82, 2.24) is 14.1 Å². The molecule has 0 radical (unpaired) electrons. The Labute approximate surface area is 176 Å². The van der Waals surface area contributed by atoms with Crippen LogP contribution in [0.15, 0.2) is 29.2 Å². The molecular formula is C20H25F2N4O2PS. The molecule has 30 heavy (non-hydrogen) atoms. The second-order valence-electron chi connectivity index (χ2n) is 8.93. The van der Waals surface area contributed by atoms with Gasteiger partial charge in [-0.05, 0) is 45.1 Å². The fourth-order valence-corrected chi connectivity index (χ4v) is 10.9. The molecule has 4 aliphatic heterocycles. The van der Waals surface area contributed by atoms with Crippen molar-refractivity contribution < 1.29 is 17.8 Å². The third-order valence-electron chi connectivity index (χ3n) is 6.96. The first-order valence-electron chi connectivity index (χ1n) is 10.3. The molecule has 0 saturated carbocycles. The van der Waals surface area contributed by atoms with Gasteiger partial charge in [-0.2, -0.15) is 8.78 Å². The Kier molecular flexibility index (Phi) is 4.38. The van der Waals surface area contributed by atoms with Crippen LogP contribution in [0.3, 0.4) is 0 Å².